The van der Waals surface area contributed by atoms with Crippen molar-refractivity contribution < 1.29 is 19.0 Å². The summed E-state index contributed by atoms with van der Waals surface area (Å²) >= 11 is 5.88. The Morgan fingerprint density at radius 3 is 2.86 bits per heavy atom. The van der Waals surface area contributed by atoms with Crippen LogP contribution in [0.2, 0.25) is 5.02 Å². The number of nitrogens with one attached hydrogen (secondary N) is 1. The minimum absolute atomic E-state index is 0.228. The first-order chi connectivity index (χ1) is 9.98. The monoisotopic (exact) mass is 313 g/mol. The number of carbonyl (C=O) groups is 1. The second kappa shape index (κ2) is 7.11. The number of benzene rings is 1. The average Bonchev–Trinajstić information content (AvgIpc) is 2.45. The quantitative estimate of drug-likeness (QED) is 0.907. The normalized spacial score (nSPS) is 18.8. The molecule has 1 fully saturated rings. The second-order valence-corrected chi connectivity index (χ2v) is 5.56. The van der Waals surface area contributed by atoms with Crippen LogP contribution in [-0.4, -0.2) is 37.6 Å². The van der Waals surface area contributed by atoms with Gasteiger partial charge in [-0.2, -0.15) is 0 Å². The number of ether oxygens (including phenoxy) is 3. The standard InChI is InChI=1S/C15H20ClNO4/c1-11(21-13-6-3-5-12(16)9-13)14(18)17-10-15(2)19-7-4-8-20-15/h3,5-6,9,11H,4,7-8,10H2,1-2H3,(H,17,18). The van der Waals surface area contributed by atoms with E-state index < -0.39 is 11.9 Å². The molecule has 1 aliphatic rings. The molecular weight excluding hydrogens is 294 g/mol. The number of carbonyl (C=O) groups excluding carboxylic acids is 1. The van der Waals surface area contributed by atoms with Crippen LogP contribution in [0.25, 0.3) is 0 Å². The maximum atomic E-state index is 12.0. The van der Waals surface area contributed by atoms with Crippen molar-refractivity contribution in [3.8, 4) is 5.75 Å². The van der Waals surface area contributed by atoms with Crippen molar-refractivity contribution in [2.45, 2.75) is 32.2 Å². The summed E-state index contributed by atoms with van der Waals surface area (Å²) in [7, 11) is 0. The van der Waals surface area contributed by atoms with Crippen LogP contribution in [-0.2, 0) is 14.3 Å². The van der Waals surface area contributed by atoms with Crippen molar-refractivity contribution in [3.05, 3.63) is 29.3 Å². The number of hydrogen-bond acceptors (Lipinski definition) is 4. The third-order valence-electron chi connectivity index (χ3n) is 3.17. The fraction of sp³-hybridized carbons (Fsp3) is 0.533. The first-order valence-corrected chi connectivity index (χ1v) is 7.34. The molecular formula is C15H20ClNO4. The lowest BCUT2D eigenvalue weighted by Crippen LogP contribution is -2.49. The van der Waals surface area contributed by atoms with Crippen LogP contribution in [0.4, 0.5) is 0 Å². The molecule has 0 spiro atoms. The first kappa shape index (κ1) is 16.1. The van der Waals surface area contributed by atoms with Gasteiger partial charge in [-0.1, -0.05) is 17.7 Å². The van der Waals surface area contributed by atoms with Gasteiger partial charge in [0.1, 0.15) is 5.75 Å². The highest BCUT2D eigenvalue weighted by atomic mass is 35.5. The van der Waals surface area contributed by atoms with Gasteiger partial charge in [-0.3, -0.25) is 4.79 Å². The predicted molar refractivity (Wildman–Crippen MR) is 79.5 cm³/mol. The molecule has 21 heavy (non-hydrogen) atoms. The van der Waals surface area contributed by atoms with Gasteiger partial charge in [-0.25, -0.2) is 0 Å². The molecule has 1 aromatic carbocycles. The van der Waals surface area contributed by atoms with Gasteiger partial charge >= 0.3 is 0 Å². The molecule has 2 rings (SSSR count). The van der Waals surface area contributed by atoms with Crippen molar-refractivity contribution in [3.63, 3.8) is 0 Å². The van der Waals surface area contributed by atoms with Gasteiger partial charge in [0, 0.05) is 5.02 Å². The first-order valence-electron chi connectivity index (χ1n) is 6.96. The van der Waals surface area contributed by atoms with Gasteiger partial charge in [-0.05, 0) is 38.5 Å². The summed E-state index contributed by atoms with van der Waals surface area (Å²) < 4.78 is 16.6. The number of rotatable bonds is 5. The number of halogens is 1. The topological polar surface area (TPSA) is 56.8 Å². The lowest BCUT2D eigenvalue weighted by molar-refractivity contribution is -0.252. The zero-order chi connectivity index (χ0) is 15.3. The molecule has 1 saturated heterocycles. The second-order valence-electron chi connectivity index (χ2n) is 5.12. The molecule has 1 amide bonds. The maximum Gasteiger partial charge on any atom is 0.260 e. The van der Waals surface area contributed by atoms with Crippen LogP contribution in [0.5, 0.6) is 5.75 Å². The Morgan fingerprint density at radius 1 is 1.48 bits per heavy atom. The molecule has 5 nitrogen and oxygen atoms in total. The fourth-order valence-corrected chi connectivity index (χ4v) is 2.15. The molecule has 0 radical (unpaired) electrons. The summed E-state index contributed by atoms with van der Waals surface area (Å²) in [6.07, 6.45) is 0.244. The number of hydrogen-bond donors (Lipinski definition) is 1. The van der Waals surface area contributed by atoms with Crippen LogP contribution in [0.3, 0.4) is 0 Å². The van der Waals surface area contributed by atoms with E-state index in [9.17, 15) is 4.79 Å². The molecule has 0 bridgehead atoms. The summed E-state index contributed by atoms with van der Waals surface area (Å²) in [5.41, 5.74) is 0. The van der Waals surface area contributed by atoms with E-state index in [2.05, 4.69) is 5.32 Å². The Hall–Kier alpha value is -1.30. The van der Waals surface area contributed by atoms with Crippen molar-refractivity contribution in [2.24, 2.45) is 0 Å². The van der Waals surface area contributed by atoms with Gasteiger partial charge in [0.05, 0.1) is 19.8 Å². The molecule has 1 N–H and O–H groups in total. The van der Waals surface area contributed by atoms with E-state index in [-0.39, 0.29) is 12.5 Å². The third kappa shape index (κ3) is 4.88. The summed E-state index contributed by atoms with van der Waals surface area (Å²) in [4.78, 5) is 12.0. The van der Waals surface area contributed by atoms with Gasteiger partial charge in [0.25, 0.3) is 5.91 Å². The summed E-state index contributed by atoms with van der Waals surface area (Å²) in [6, 6.07) is 6.94. The number of amides is 1. The molecule has 0 aliphatic carbocycles. The lowest BCUT2D eigenvalue weighted by Gasteiger charge is -2.34. The van der Waals surface area contributed by atoms with Crippen LogP contribution >= 0.6 is 11.6 Å². The van der Waals surface area contributed by atoms with E-state index in [4.69, 9.17) is 25.8 Å². The zero-order valence-corrected chi connectivity index (χ0v) is 13.0. The highest BCUT2D eigenvalue weighted by Gasteiger charge is 2.30. The minimum atomic E-state index is -0.760. The van der Waals surface area contributed by atoms with Crippen LogP contribution in [0.1, 0.15) is 20.3 Å². The highest BCUT2D eigenvalue weighted by molar-refractivity contribution is 6.30. The summed E-state index contributed by atoms with van der Waals surface area (Å²) in [5, 5.41) is 3.35. The maximum absolute atomic E-state index is 12.0. The molecule has 1 aliphatic heterocycles. The molecule has 6 heteroatoms. The smallest absolute Gasteiger partial charge is 0.260 e. The molecule has 1 aromatic rings. The lowest BCUT2D eigenvalue weighted by atomic mass is 10.2. The van der Waals surface area contributed by atoms with E-state index in [0.717, 1.165) is 6.42 Å². The molecule has 1 heterocycles. The molecule has 0 aromatic heterocycles. The SMILES string of the molecule is CC(Oc1cccc(Cl)c1)C(=O)NCC1(C)OCCCO1. The Bertz CT molecular complexity index is 488. The van der Waals surface area contributed by atoms with E-state index in [0.29, 0.717) is 24.0 Å². The average molecular weight is 314 g/mol. The minimum Gasteiger partial charge on any atom is -0.481 e. The Labute approximate surface area is 129 Å². The summed E-state index contributed by atoms with van der Waals surface area (Å²) in [5.74, 6) is -0.431. The zero-order valence-electron chi connectivity index (χ0n) is 12.2. The van der Waals surface area contributed by atoms with E-state index in [1.54, 1.807) is 31.2 Å². The van der Waals surface area contributed by atoms with Crippen LogP contribution in [0, 0.1) is 0 Å². The third-order valence-corrected chi connectivity index (χ3v) is 3.40. The van der Waals surface area contributed by atoms with Crippen LogP contribution < -0.4 is 10.1 Å². The molecule has 0 saturated carbocycles. The summed E-state index contributed by atoms with van der Waals surface area (Å²) in [6.45, 7) is 5.06. The highest BCUT2D eigenvalue weighted by Crippen LogP contribution is 2.19. The van der Waals surface area contributed by atoms with Gasteiger partial charge < -0.3 is 19.5 Å². The fourth-order valence-electron chi connectivity index (χ4n) is 1.97. The largest absolute Gasteiger partial charge is 0.481 e. The molecule has 1 atom stereocenters. The van der Waals surface area contributed by atoms with Crippen LogP contribution in [0.15, 0.2) is 24.3 Å². The van der Waals surface area contributed by atoms with E-state index in [1.165, 1.54) is 0 Å². The van der Waals surface area contributed by atoms with Crippen molar-refractivity contribution in [2.75, 3.05) is 19.8 Å². The predicted octanol–water partition coefficient (Wildman–Crippen LogP) is 2.38. The Balaban J connectivity index is 1.82. The van der Waals surface area contributed by atoms with Gasteiger partial charge in [0.15, 0.2) is 11.9 Å². The van der Waals surface area contributed by atoms with Crippen molar-refractivity contribution in [1.82, 2.24) is 5.32 Å². The Kier molecular flexibility index (Phi) is 5.45. The Morgan fingerprint density at radius 2 is 2.19 bits per heavy atom. The van der Waals surface area contributed by atoms with Crippen molar-refractivity contribution >= 4 is 17.5 Å². The molecule has 116 valence electrons. The van der Waals surface area contributed by atoms with Gasteiger partial charge in [0.2, 0.25) is 0 Å². The van der Waals surface area contributed by atoms with Gasteiger partial charge in [-0.15, -0.1) is 0 Å². The van der Waals surface area contributed by atoms with E-state index in [1.807, 2.05) is 6.92 Å². The molecule has 1 unspecified atom stereocenters. The van der Waals surface area contributed by atoms with E-state index >= 15 is 0 Å². The van der Waals surface area contributed by atoms with Crippen molar-refractivity contribution in [1.29, 1.82) is 0 Å².